The highest BCUT2D eigenvalue weighted by Gasteiger charge is 2.40. The first kappa shape index (κ1) is 27.2. The standard InChI is InChI=1S/C28H36N2O7/c1-17-25(15-30-12-11-24(33)14-30)36-28(37-26(17)21-9-7-20(16-31)8-10-21)22-5-4-6-23(13-22)29-27(34)18(2)35-19(3)32/h4-10,13,17-18,24-26,28,31,33H,11-12,14-16H2,1-3H3,(H,29,34). The number of β-amino-alcohol motifs (C(OH)–C–C–N with tert-alkyl or cyclic N) is 1. The molecule has 0 saturated carbocycles. The van der Waals surface area contributed by atoms with Crippen LogP contribution in [0.5, 0.6) is 0 Å². The van der Waals surface area contributed by atoms with Crippen molar-refractivity contribution in [3.63, 3.8) is 0 Å². The van der Waals surface area contributed by atoms with Crippen LogP contribution in [0.15, 0.2) is 48.5 Å². The van der Waals surface area contributed by atoms with Gasteiger partial charge in [0.1, 0.15) is 0 Å². The topological polar surface area (TPSA) is 118 Å². The van der Waals surface area contributed by atoms with Crippen LogP contribution in [0.4, 0.5) is 5.69 Å². The van der Waals surface area contributed by atoms with Crippen LogP contribution in [0.3, 0.4) is 0 Å². The lowest BCUT2D eigenvalue weighted by molar-refractivity contribution is -0.276. The molecule has 1 amide bonds. The zero-order chi connectivity index (χ0) is 26.5. The summed E-state index contributed by atoms with van der Waals surface area (Å²) < 4.78 is 17.9. The fourth-order valence-corrected chi connectivity index (χ4v) is 4.87. The molecule has 6 unspecified atom stereocenters. The molecule has 0 aromatic heterocycles. The maximum atomic E-state index is 12.4. The summed E-state index contributed by atoms with van der Waals surface area (Å²) in [5.41, 5.74) is 3.10. The summed E-state index contributed by atoms with van der Waals surface area (Å²) in [6.07, 6.45) is -1.59. The van der Waals surface area contributed by atoms with Gasteiger partial charge in [0.2, 0.25) is 0 Å². The minimum Gasteiger partial charge on any atom is -0.453 e. The Hall–Kier alpha value is -2.82. The van der Waals surface area contributed by atoms with E-state index in [9.17, 15) is 19.8 Å². The predicted octanol–water partition coefficient (Wildman–Crippen LogP) is 2.93. The van der Waals surface area contributed by atoms with Crippen LogP contribution in [-0.2, 0) is 30.4 Å². The van der Waals surface area contributed by atoms with E-state index in [2.05, 4.69) is 17.1 Å². The highest BCUT2D eigenvalue weighted by Crippen LogP contribution is 2.42. The van der Waals surface area contributed by atoms with Gasteiger partial charge >= 0.3 is 5.97 Å². The SMILES string of the molecule is CC(=O)OC(C)C(=O)Nc1cccc(C2OC(CN3CCC(O)C3)C(C)C(c3ccc(CO)cc3)O2)c1. The van der Waals surface area contributed by atoms with Crippen molar-refractivity contribution in [2.45, 2.75) is 64.5 Å². The van der Waals surface area contributed by atoms with Crippen LogP contribution in [0.25, 0.3) is 0 Å². The average Bonchev–Trinajstić information content (AvgIpc) is 3.29. The van der Waals surface area contributed by atoms with E-state index < -0.39 is 24.3 Å². The van der Waals surface area contributed by atoms with Gasteiger partial charge in [-0.3, -0.25) is 14.5 Å². The second-order valence-electron chi connectivity index (χ2n) is 9.89. The molecule has 0 aliphatic carbocycles. The number of rotatable bonds is 8. The maximum Gasteiger partial charge on any atom is 0.303 e. The van der Waals surface area contributed by atoms with E-state index >= 15 is 0 Å². The summed E-state index contributed by atoms with van der Waals surface area (Å²) in [5.74, 6) is -0.927. The number of hydrogen-bond acceptors (Lipinski definition) is 8. The number of esters is 1. The number of ether oxygens (including phenoxy) is 3. The molecule has 9 heteroatoms. The quantitative estimate of drug-likeness (QED) is 0.462. The van der Waals surface area contributed by atoms with Gasteiger partial charge in [0.25, 0.3) is 5.91 Å². The number of nitrogens with one attached hydrogen (secondary N) is 1. The van der Waals surface area contributed by atoms with E-state index in [-0.39, 0.29) is 30.8 Å². The van der Waals surface area contributed by atoms with Crippen molar-refractivity contribution in [1.29, 1.82) is 0 Å². The molecule has 2 fully saturated rings. The molecule has 2 heterocycles. The average molecular weight is 513 g/mol. The lowest BCUT2D eigenvalue weighted by atomic mass is 9.90. The number of likely N-dealkylation sites (tertiary alicyclic amines) is 1. The van der Waals surface area contributed by atoms with Gasteiger partial charge < -0.3 is 29.7 Å². The van der Waals surface area contributed by atoms with E-state index in [1.54, 1.807) is 12.1 Å². The third-order valence-corrected chi connectivity index (χ3v) is 6.95. The van der Waals surface area contributed by atoms with Crippen LogP contribution >= 0.6 is 0 Å². The van der Waals surface area contributed by atoms with Gasteiger partial charge in [0, 0.05) is 43.7 Å². The van der Waals surface area contributed by atoms with Gasteiger partial charge in [-0.1, -0.05) is 43.3 Å². The Balaban J connectivity index is 1.55. The largest absolute Gasteiger partial charge is 0.453 e. The minimum atomic E-state index is -0.921. The van der Waals surface area contributed by atoms with Crippen LogP contribution in [0.1, 0.15) is 56.3 Å². The second-order valence-corrected chi connectivity index (χ2v) is 9.89. The molecule has 2 aliphatic rings. The third-order valence-electron chi connectivity index (χ3n) is 6.95. The van der Waals surface area contributed by atoms with E-state index in [4.69, 9.17) is 14.2 Å². The van der Waals surface area contributed by atoms with Crippen molar-refractivity contribution < 1.29 is 34.0 Å². The van der Waals surface area contributed by atoms with Crippen molar-refractivity contribution in [3.05, 3.63) is 65.2 Å². The number of anilines is 1. The molecule has 0 bridgehead atoms. The van der Waals surface area contributed by atoms with Gasteiger partial charge in [0.15, 0.2) is 12.4 Å². The Morgan fingerprint density at radius 1 is 1.16 bits per heavy atom. The van der Waals surface area contributed by atoms with Gasteiger partial charge in [-0.2, -0.15) is 0 Å². The highest BCUT2D eigenvalue weighted by atomic mass is 16.7. The Morgan fingerprint density at radius 2 is 1.92 bits per heavy atom. The Bertz CT molecular complexity index is 1080. The van der Waals surface area contributed by atoms with Gasteiger partial charge in [-0.15, -0.1) is 0 Å². The zero-order valence-corrected chi connectivity index (χ0v) is 21.5. The molecule has 3 N–H and O–H groups in total. The van der Waals surface area contributed by atoms with Gasteiger partial charge in [-0.25, -0.2) is 0 Å². The van der Waals surface area contributed by atoms with Crippen molar-refractivity contribution >= 4 is 17.6 Å². The Kier molecular flexibility index (Phi) is 8.94. The number of amides is 1. The molecule has 0 radical (unpaired) electrons. The molecule has 0 spiro atoms. The number of aliphatic hydroxyl groups excluding tert-OH is 2. The fourth-order valence-electron chi connectivity index (χ4n) is 4.87. The van der Waals surface area contributed by atoms with E-state index in [0.717, 1.165) is 29.7 Å². The number of hydrogen-bond donors (Lipinski definition) is 3. The summed E-state index contributed by atoms with van der Waals surface area (Å²) in [4.78, 5) is 25.8. The molecule has 6 atom stereocenters. The first-order valence-electron chi connectivity index (χ1n) is 12.7. The first-order valence-corrected chi connectivity index (χ1v) is 12.7. The molecule has 200 valence electrons. The van der Waals surface area contributed by atoms with Crippen molar-refractivity contribution in [3.8, 4) is 0 Å². The molecular formula is C28H36N2O7. The zero-order valence-electron chi connectivity index (χ0n) is 21.5. The van der Waals surface area contributed by atoms with E-state index in [1.165, 1.54) is 13.8 Å². The molecule has 2 saturated heterocycles. The molecular weight excluding hydrogens is 476 g/mol. The Labute approximate surface area is 217 Å². The van der Waals surface area contributed by atoms with Crippen molar-refractivity contribution in [2.75, 3.05) is 25.0 Å². The number of benzene rings is 2. The normalized spacial score (nSPS) is 27.0. The highest BCUT2D eigenvalue weighted by molar-refractivity contribution is 5.95. The van der Waals surface area contributed by atoms with Crippen LogP contribution in [0, 0.1) is 5.92 Å². The first-order chi connectivity index (χ1) is 17.7. The van der Waals surface area contributed by atoms with Crippen molar-refractivity contribution in [1.82, 2.24) is 4.90 Å². The molecule has 9 nitrogen and oxygen atoms in total. The molecule has 4 rings (SSSR count). The molecule has 2 aromatic carbocycles. The summed E-state index contributed by atoms with van der Waals surface area (Å²) >= 11 is 0. The maximum absolute atomic E-state index is 12.4. The summed E-state index contributed by atoms with van der Waals surface area (Å²) in [6, 6.07) is 15.0. The summed E-state index contributed by atoms with van der Waals surface area (Å²) in [5, 5.41) is 22.2. The Morgan fingerprint density at radius 3 is 2.57 bits per heavy atom. The van der Waals surface area contributed by atoms with E-state index in [0.29, 0.717) is 18.8 Å². The van der Waals surface area contributed by atoms with E-state index in [1.807, 2.05) is 36.4 Å². The lowest BCUT2D eigenvalue weighted by Crippen LogP contribution is -2.44. The lowest BCUT2D eigenvalue weighted by Gasteiger charge is -2.42. The second kappa shape index (κ2) is 12.1. The van der Waals surface area contributed by atoms with Crippen molar-refractivity contribution in [2.24, 2.45) is 5.92 Å². The number of carbonyl (C=O) groups excluding carboxylic acids is 2. The monoisotopic (exact) mass is 512 g/mol. The predicted molar refractivity (Wildman–Crippen MR) is 136 cm³/mol. The number of nitrogens with zero attached hydrogens (tertiary/aromatic N) is 1. The summed E-state index contributed by atoms with van der Waals surface area (Å²) in [7, 11) is 0. The fraction of sp³-hybridized carbons (Fsp3) is 0.500. The van der Waals surface area contributed by atoms with Crippen LogP contribution in [0.2, 0.25) is 0 Å². The third kappa shape index (κ3) is 6.94. The van der Waals surface area contributed by atoms with Gasteiger partial charge in [-0.05, 0) is 36.6 Å². The molecule has 2 aliphatic heterocycles. The number of aliphatic hydroxyl groups is 2. The molecule has 37 heavy (non-hydrogen) atoms. The smallest absolute Gasteiger partial charge is 0.303 e. The van der Waals surface area contributed by atoms with Crippen LogP contribution < -0.4 is 5.32 Å². The molecule has 2 aromatic rings. The minimum absolute atomic E-state index is 0.0262. The number of carbonyl (C=O) groups is 2. The van der Waals surface area contributed by atoms with Crippen LogP contribution in [-0.4, -0.2) is 64.9 Å². The van der Waals surface area contributed by atoms with Gasteiger partial charge in [0.05, 0.1) is 24.9 Å². The summed E-state index contributed by atoms with van der Waals surface area (Å²) in [6.45, 7) is 6.96.